The number of hydrogen-bond acceptors (Lipinski definition) is 2. The molecule has 0 fully saturated rings. The van der Waals surface area contributed by atoms with Crippen LogP contribution >= 0.6 is 15.9 Å². The Bertz CT molecular complexity index is 770. The zero-order chi connectivity index (χ0) is 12.5. The molecule has 0 saturated carbocycles. The fourth-order valence-corrected chi connectivity index (χ4v) is 2.10. The highest BCUT2D eigenvalue weighted by molar-refractivity contribution is 9.10. The quantitative estimate of drug-likeness (QED) is 0.642. The second-order valence-electron chi connectivity index (χ2n) is 3.72. The van der Waals surface area contributed by atoms with Crippen molar-refractivity contribution in [3.05, 3.63) is 58.6 Å². The van der Waals surface area contributed by atoms with Crippen LogP contribution in [-0.2, 0) is 0 Å². The van der Waals surface area contributed by atoms with Crippen LogP contribution in [0.1, 0.15) is 0 Å². The van der Waals surface area contributed by atoms with E-state index >= 15 is 0 Å². The van der Waals surface area contributed by atoms with Crippen molar-refractivity contribution in [3.8, 4) is 11.5 Å². The lowest BCUT2D eigenvalue weighted by Crippen LogP contribution is -1.91. The van der Waals surface area contributed by atoms with Gasteiger partial charge in [-0.3, -0.25) is 4.40 Å². The van der Waals surface area contributed by atoms with E-state index in [1.54, 1.807) is 12.3 Å². The summed E-state index contributed by atoms with van der Waals surface area (Å²) in [7, 11) is 0. The molecule has 4 nitrogen and oxygen atoms in total. The molecule has 0 aliphatic heterocycles. The van der Waals surface area contributed by atoms with Gasteiger partial charge in [0.15, 0.2) is 11.5 Å². The minimum absolute atomic E-state index is 0.374. The van der Waals surface area contributed by atoms with Crippen LogP contribution in [0.15, 0.2) is 47.2 Å². The van der Waals surface area contributed by atoms with E-state index in [2.05, 4.69) is 30.7 Å². The Hall–Kier alpha value is -2.19. The Kier molecular flexibility index (Phi) is 2.58. The molecule has 0 spiro atoms. The molecule has 5 heteroatoms. The topological polar surface area (TPSA) is 34.5 Å². The lowest BCUT2D eigenvalue weighted by molar-refractivity contribution is 1.13. The van der Waals surface area contributed by atoms with Gasteiger partial charge in [-0.15, -0.1) is 4.98 Å². The van der Waals surface area contributed by atoms with E-state index in [4.69, 9.17) is 6.57 Å². The van der Waals surface area contributed by atoms with E-state index < -0.39 is 0 Å². The van der Waals surface area contributed by atoms with Gasteiger partial charge in [-0.05, 0) is 40.2 Å². The molecule has 0 N–H and O–H groups in total. The molecule has 3 heterocycles. The van der Waals surface area contributed by atoms with Gasteiger partial charge in [-0.1, -0.05) is 12.6 Å². The summed E-state index contributed by atoms with van der Waals surface area (Å²) < 4.78 is 2.91. The first-order chi connectivity index (χ1) is 8.78. The van der Waals surface area contributed by atoms with Crippen LogP contribution in [0.2, 0.25) is 0 Å². The molecule has 0 aliphatic carbocycles. The van der Waals surface area contributed by atoms with Gasteiger partial charge in [0, 0.05) is 10.7 Å². The predicted molar refractivity (Wildman–Crippen MR) is 72.4 cm³/mol. The summed E-state index contributed by atoms with van der Waals surface area (Å²) in [6, 6.07) is 9.28. The van der Waals surface area contributed by atoms with Crippen LogP contribution in [-0.4, -0.2) is 14.4 Å². The van der Waals surface area contributed by atoms with Gasteiger partial charge in [-0.25, -0.2) is 4.98 Å². The van der Waals surface area contributed by atoms with Gasteiger partial charge in [0.25, 0.3) is 5.82 Å². The van der Waals surface area contributed by atoms with E-state index in [0.29, 0.717) is 11.5 Å². The third kappa shape index (κ3) is 1.77. The second-order valence-corrected chi connectivity index (χ2v) is 4.63. The van der Waals surface area contributed by atoms with Gasteiger partial charge in [0.2, 0.25) is 0 Å². The van der Waals surface area contributed by atoms with Crippen molar-refractivity contribution < 1.29 is 0 Å². The normalized spacial score (nSPS) is 10.4. The van der Waals surface area contributed by atoms with Gasteiger partial charge in [0.1, 0.15) is 0 Å². The number of imidazole rings is 1. The summed E-state index contributed by atoms with van der Waals surface area (Å²) in [4.78, 5) is 12.0. The molecule has 0 saturated heterocycles. The predicted octanol–water partition coefficient (Wildman–Crippen LogP) is 3.71. The van der Waals surface area contributed by atoms with E-state index in [9.17, 15) is 0 Å². The highest BCUT2D eigenvalue weighted by atomic mass is 79.9. The fraction of sp³-hybridized carbons (Fsp3) is 0. The number of aromatic nitrogens is 3. The molecular weight excluding hydrogens is 292 g/mol. The number of halogens is 1. The Labute approximate surface area is 112 Å². The largest absolute Gasteiger partial charge is 0.361 e. The van der Waals surface area contributed by atoms with Crippen LogP contribution in [0.3, 0.4) is 0 Å². The molecular formula is C13H7BrN4. The number of rotatable bonds is 1. The van der Waals surface area contributed by atoms with E-state index in [1.165, 1.54) is 0 Å². The zero-order valence-electron chi connectivity index (χ0n) is 9.21. The molecule has 0 radical (unpaired) electrons. The van der Waals surface area contributed by atoms with Crippen molar-refractivity contribution in [3.63, 3.8) is 0 Å². The molecule has 86 valence electrons. The highest BCUT2D eigenvalue weighted by Gasteiger charge is 2.11. The summed E-state index contributed by atoms with van der Waals surface area (Å²) in [6.07, 6.45) is 3.72. The van der Waals surface area contributed by atoms with Gasteiger partial charge in [-0.2, -0.15) is 0 Å². The van der Waals surface area contributed by atoms with E-state index in [0.717, 1.165) is 15.8 Å². The van der Waals surface area contributed by atoms with Crippen molar-refractivity contribution in [1.29, 1.82) is 0 Å². The Balaban J connectivity index is 2.25. The zero-order valence-corrected chi connectivity index (χ0v) is 10.8. The number of hydrogen-bond donors (Lipinski definition) is 0. The van der Waals surface area contributed by atoms with Crippen molar-refractivity contribution >= 4 is 27.3 Å². The molecule has 3 rings (SSSR count). The maximum Gasteiger partial charge on any atom is 0.270 e. The molecule has 0 aliphatic rings. The number of pyridine rings is 2. The summed E-state index contributed by atoms with van der Waals surface area (Å²) in [6.45, 7) is 6.99. The molecule has 0 aromatic carbocycles. The van der Waals surface area contributed by atoms with Crippen molar-refractivity contribution in [2.24, 2.45) is 0 Å². The van der Waals surface area contributed by atoms with Crippen LogP contribution in [0.4, 0.5) is 5.82 Å². The van der Waals surface area contributed by atoms with Crippen LogP contribution in [0.5, 0.6) is 0 Å². The van der Waals surface area contributed by atoms with Crippen molar-refractivity contribution in [2.75, 3.05) is 0 Å². The third-order valence-electron chi connectivity index (χ3n) is 2.57. The Morgan fingerprint density at radius 3 is 2.94 bits per heavy atom. The molecule has 0 amide bonds. The molecule has 3 aromatic heterocycles. The number of nitrogens with zero attached hydrogens (tertiary/aromatic N) is 4. The first-order valence-corrected chi connectivity index (χ1v) is 6.05. The first kappa shape index (κ1) is 10.9. The van der Waals surface area contributed by atoms with Crippen LogP contribution in [0, 0.1) is 6.57 Å². The van der Waals surface area contributed by atoms with Gasteiger partial charge in [0.05, 0.1) is 11.7 Å². The highest BCUT2D eigenvalue weighted by Crippen LogP contribution is 2.22. The van der Waals surface area contributed by atoms with Crippen molar-refractivity contribution in [1.82, 2.24) is 14.4 Å². The molecule has 0 atom stereocenters. The van der Waals surface area contributed by atoms with Crippen molar-refractivity contribution in [2.45, 2.75) is 0 Å². The smallest absolute Gasteiger partial charge is 0.270 e. The monoisotopic (exact) mass is 298 g/mol. The van der Waals surface area contributed by atoms with Crippen LogP contribution in [0.25, 0.3) is 21.9 Å². The van der Waals surface area contributed by atoms with E-state index in [-0.39, 0.29) is 0 Å². The minimum Gasteiger partial charge on any atom is -0.361 e. The van der Waals surface area contributed by atoms with Gasteiger partial charge >= 0.3 is 0 Å². The van der Waals surface area contributed by atoms with Gasteiger partial charge < -0.3 is 4.85 Å². The lowest BCUT2D eigenvalue weighted by Gasteiger charge is -1.99. The molecule has 0 bridgehead atoms. The maximum absolute atomic E-state index is 6.99. The molecule has 18 heavy (non-hydrogen) atoms. The summed E-state index contributed by atoms with van der Waals surface area (Å²) in [5.41, 5.74) is 1.69. The number of fused-ring (bicyclic) bond motifs is 1. The van der Waals surface area contributed by atoms with E-state index in [1.807, 2.05) is 34.9 Å². The Morgan fingerprint density at radius 1 is 1.22 bits per heavy atom. The second kappa shape index (κ2) is 4.24. The lowest BCUT2D eigenvalue weighted by atomic mass is 10.3. The molecule has 3 aromatic rings. The minimum atomic E-state index is 0.374. The SMILES string of the molecule is [C-]#[N+]c1cccc(-c2ncc3ccc(Br)cn23)n1. The Morgan fingerprint density at radius 2 is 2.11 bits per heavy atom. The summed E-state index contributed by atoms with van der Waals surface area (Å²) >= 11 is 3.43. The third-order valence-corrected chi connectivity index (χ3v) is 3.04. The first-order valence-electron chi connectivity index (χ1n) is 5.25. The average molecular weight is 299 g/mol. The standard InChI is InChI=1S/C13H7BrN4/c1-15-12-4-2-3-11(17-12)13-16-7-10-6-5-9(14)8-18(10)13/h2-8H. The average Bonchev–Trinajstić information content (AvgIpc) is 2.81. The maximum atomic E-state index is 6.99. The summed E-state index contributed by atoms with van der Waals surface area (Å²) in [5, 5.41) is 0. The molecule has 0 unspecified atom stereocenters. The van der Waals surface area contributed by atoms with Crippen LogP contribution < -0.4 is 0 Å². The summed E-state index contributed by atoms with van der Waals surface area (Å²) in [5.74, 6) is 1.11. The fourth-order valence-electron chi connectivity index (χ4n) is 1.76.